The molecular weight excluding hydrogens is 350 g/mol. The van der Waals surface area contributed by atoms with Gasteiger partial charge < -0.3 is 5.11 Å². The van der Waals surface area contributed by atoms with Crippen LogP contribution < -0.4 is 0 Å². The summed E-state index contributed by atoms with van der Waals surface area (Å²) in [6.07, 6.45) is 0.678. The van der Waals surface area contributed by atoms with E-state index in [1.807, 2.05) is 41.1 Å². The Morgan fingerprint density at radius 1 is 1.07 bits per heavy atom. The number of nitrogens with zero attached hydrogens (tertiary/aromatic N) is 3. The summed E-state index contributed by atoms with van der Waals surface area (Å²) in [4.78, 5) is 16.2. The molecule has 0 radical (unpaired) electrons. The average molecular weight is 377 g/mol. The van der Waals surface area contributed by atoms with E-state index in [-0.39, 0.29) is 11.5 Å². The van der Waals surface area contributed by atoms with Gasteiger partial charge in [-0.25, -0.2) is 14.5 Å². The molecule has 3 aromatic rings. The van der Waals surface area contributed by atoms with Gasteiger partial charge >= 0.3 is 5.97 Å². The van der Waals surface area contributed by atoms with Crippen molar-refractivity contribution in [2.24, 2.45) is 0 Å². The normalized spacial score (nSPS) is 11.8. The highest BCUT2D eigenvalue weighted by molar-refractivity contribution is 5.95. The zero-order valence-electron chi connectivity index (χ0n) is 17.1. The van der Waals surface area contributed by atoms with E-state index in [0.29, 0.717) is 12.0 Å². The highest BCUT2D eigenvalue weighted by atomic mass is 16.4. The molecule has 1 N–H and O–H groups in total. The molecule has 0 fully saturated rings. The van der Waals surface area contributed by atoms with Crippen molar-refractivity contribution < 1.29 is 9.90 Å². The first-order chi connectivity index (χ1) is 13.2. The number of carboxylic acids is 1. The Balaban J connectivity index is 1.91. The first-order valence-corrected chi connectivity index (χ1v) is 9.54. The van der Waals surface area contributed by atoms with Crippen molar-refractivity contribution in [2.45, 2.75) is 52.5 Å². The van der Waals surface area contributed by atoms with Crippen LogP contribution in [0.5, 0.6) is 0 Å². The summed E-state index contributed by atoms with van der Waals surface area (Å²) in [6.45, 7) is 10.6. The first kappa shape index (κ1) is 19.8. The maximum absolute atomic E-state index is 11.5. The van der Waals surface area contributed by atoms with Gasteiger partial charge in [0.25, 0.3) is 0 Å². The Labute approximate surface area is 166 Å². The third-order valence-corrected chi connectivity index (χ3v) is 4.63. The van der Waals surface area contributed by atoms with E-state index >= 15 is 0 Å². The molecule has 0 spiro atoms. The van der Waals surface area contributed by atoms with Crippen LogP contribution in [0.25, 0.3) is 11.1 Å². The van der Waals surface area contributed by atoms with E-state index < -0.39 is 5.97 Å². The topological polar surface area (TPSA) is 68.0 Å². The Hall–Kier alpha value is -2.95. The first-order valence-electron chi connectivity index (χ1n) is 9.54. The van der Waals surface area contributed by atoms with E-state index in [9.17, 15) is 9.90 Å². The minimum absolute atomic E-state index is 0.143. The third-order valence-electron chi connectivity index (χ3n) is 4.63. The molecular formula is C23H27N3O2. The highest BCUT2D eigenvalue weighted by Crippen LogP contribution is 2.25. The van der Waals surface area contributed by atoms with Crippen molar-refractivity contribution in [3.8, 4) is 11.1 Å². The van der Waals surface area contributed by atoms with Gasteiger partial charge in [0, 0.05) is 12.3 Å². The molecule has 1 aromatic heterocycles. The fourth-order valence-corrected chi connectivity index (χ4v) is 3.16. The van der Waals surface area contributed by atoms with Gasteiger partial charge in [-0.05, 0) is 43.5 Å². The number of rotatable bonds is 5. The molecule has 0 aliphatic rings. The lowest BCUT2D eigenvalue weighted by molar-refractivity contribution is 0.0697. The summed E-state index contributed by atoms with van der Waals surface area (Å²) < 4.78 is 2.01. The van der Waals surface area contributed by atoms with Crippen LogP contribution in [0.2, 0.25) is 0 Å². The number of hydrogen-bond donors (Lipinski definition) is 1. The van der Waals surface area contributed by atoms with E-state index in [2.05, 4.69) is 34.6 Å². The van der Waals surface area contributed by atoms with E-state index in [4.69, 9.17) is 10.1 Å². The number of aromatic nitrogens is 3. The van der Waals surface area contributed by atoms with Crippen molar-refractivity contribution in [1.82, 2.24) is 14.8 Å². The Morgan fingerprint density at radius 2 is 1.71 bits per heavy atom. The smallest absolute Gasteiger partial charge is 0.336 e. The number of benzene rings is 2. The Kier molecular flexibility index (Phi) is 5.36. The van der Waals surface area contributed by atoms with Gasteiger partial charge in [0.05, 0.1) is 11.1 Å². The number of carboxylic acid groups (broad SMARTS) is 1. The summed E-state index contributed by atoms with van der Waals surface area (Å²) in [5.41, 5.74) is 2.90. The zero-order valence-corrected chi connectivity index (χ0v) is 17.1. The summed E-state index contributed by atoms with van der Waals surface area (Å²) in [5, 5.41) is 14.1. The fourth-order valence-electron chi connectivity index (χ4n) is 3.16. The van der Waals surface area contributed by atoms with Crippen LogP contribution in [-0.2, 0) is 12.0 Å². The lowest BCUT2D eigenvalue weighted by atomic mass is 9.98. The molecule has 5 heteroatoms. The molecule has 0 aliphatic carbocycles. The molecule has 0 bridgehead atoms. The summed E-state index contributed by atoms with van der Waals surface area (Å²) in [7, 11) is 0. The minimum Gasteiger partial charge on any atom is -0.478 e. The predicted octanol–water partition coefficient (Wildman–Crippen LogP) is 5.11. The van der Waals surface area contributed by atoms with Gasteiger partial charge in [-0.2, -0.15) is 5.10 Å². The second kappa shape index (κ2) is 7.58. The molecule has 3 rings (SSSR count). The molecule has 0 unspecified atom stereocenters. The van der Waals surface area contributed by atoms with Gasteiger partial charge in [-0.3, -0.25) is 0 Å². The second-order valence-corrected chi connectivity index (χ2v) is 8.35. The van der Waals surface area contributed by atoms with Crippen LogP contribution in [0.4, 0.5) is 0 Å². The van der Waals surface area contributed by atoms with Gasteiger partial charge in [0.2, 0.25) is 0 Å². The van der Waals surface area contributed by atoms with Gasteiger partial charge in [-0.1, -0.05) is 56.3 Å². The van der Waals surface area contributed by atoms with Crippen LogP contribution in [0.1, 0.15) is 68.1 Å². The van der Waals surface area contributed by atoms with Crippen LogP contribution in [-0.4, -0.2) is 25.8 Å². The number of aromatic carboxylic acids is 1. The maximum atomic E-state index is 11.5. The molecule has 1 heterocycles. The molecule has 5 nitrogen and oxygen atoms in total. The molecule has 0 saturated carbocycles. The molecule has 0 aliphatic heterocycles. The molecule has 0 atom stereocenters. The van der Waals surface area contributed by atoms with Crippen LogP contribution in [0.15, 0.2) is 48.5 Å². The van der Waals surface area contributed by atoms with Crippen LogP contribution in [0.3, 0.4) is 0 Å². The summed E-state index contributed by atoms with van der Waals surface area (Å²) >= 11 is 0. The standard InChI is InChI=1S/C23H27N3O2/c1-15(2)21-24-20(26(25-21)23(3,4)5)14-16-10-12-17(13-11-16)18-8-6-7-9-19(18)22(27)28/h6-13,15H,14H2,1-5H3,(H,27,28). The van der Waals surface area contributed by atoms with E-state index in [1.54, 1.807) is 12.1 Å². The Bertz CT molecular complexity index is 980. The van der Waals surface area contributed by atoms with Crippen LogP contribution in [0, 0.1) is 0 Å². The molecule has 0 amide bonds. The zero-order chi connectivity index (χ0) is 20.5. The molecule has 146 valence electrons. The van der Waals surface area contributed by atoms with Gasteiger partial charge in [-0.15, -0.1) is 0 Å². The number of hydrogen-bond acceptors (Lipinski definition) is 3. The summed E-state index contributed by atoms with van der Waals surface area (Å²) in [5.74, 6) is 1.16. The maximum Gasteiger partial charge on any atom is 0.336 e. The van der Waals surface area contributed by atoms with Gasteiger partial charge in [0.1, 0.15) is 5.82 Å². The third kappa shape index (κ3) is 4.14. The predicted molar refractivity (Wildman–Crippen MR) is 111 cm³/mol. The highest BCUT2D eigenvalue weighted by Gasteiger charge is 2.22. The quantitative estimate of drug-likeness (QED) is 0.671. The second-order valence-electron chi connectivity index (χ2n) is 8.35. The lowest BCUT2D eigenvalue weighted by Gasteiger charge is -2.21. The number of carbonyl (C=O) groups is 1. The molecule has 28 heavy (non-hydrogen) atoms. The van der Waals surface area contributed by atoms with Gasteiger partial charge in [0.15, 0.2) is 5.82 Å². The van der Waals surface area contributed by atoms with Crippen molar-refractivity contribution in [2.75, 3.05) is 0 Å². The minimum atomic E-state index is -0.917. The van der Waals surface area contributed by atoms with E-state index in [0.717, 1.165) is 28.3 Å². The van der Waals surface area contributed by atoms with Crippen molar-refractivity contribution in [3.05, 3.63) is 71.3 Å². The molecule has 2 aromatic carbocycles. The molecule has 0 saturated heterocycles. The Morgan fingerprint density at radius 3 is 2.29 bits per heavy atom. The SMILES string of the molecule is CC(C)c1nc(Cc2ccc(-c3ccccc3C(=O)O)cc2)n(C(C)(C)C)n1. The average Bonchev–Trinajstić information content (AvgIpc) is 3.07. The fraction of sp³-hybridized carbons (Fsp3) is 0.348. The largest absolute Gasteiger partial charge is 0.478 e. The van der Waals surface area contributed by atoms with Crippen molar-refractivity contribution in [3.63, 3.8) is 0 Å². The summed E-state index contributed by atoms with van der Waals surface area (Å²) in [6, 6.07) is 15.1. The lowest BCUT2D eigenvalue weighted by Crippen LogP contribution is -2.25. The van der Waals surface area contributed by atoms with E-state index in [1.165, 1.54) is 0 Å². The van der Waals surface area contributed by atoms with Crippen molar-refractivity contribution >= 4 is 5.97 Å². The van der Waals surface area contributed by atoms with Crippen molar-refractivity contribution in [1.29, 1.82) is 0 Å². The monoisotopic (exact) mass is 377 g/mol. The van der Waals surface area contributed by atoms with Crippen LogP contribution >= 0.6 is 0 Å².